The molecule has 0 spiro atoms. The second-order valence-electron chi connectivity index (χ2n) is 3.21. The van der Waals surface area contributed by atoms with Crippen LogP contribution in [0.2, 0.25) is 0 Å². The summed E-state index contributed by atoms with van der Waals surface area (Å²) in [5.41, 5.74) is 1.32. The van der Waals surface area contributed by atoms with Crippen LogP contribution in [0.3, 0.4) is 0 Å². The maximum atomic E-state index is 13.2. The largest absolute Gasteiger partial charge is 0.263 e. The fourth-order valence-electron chi connectivity index (χ4n) is 1.20. The SMILES string of the molecule is Cc1nc(-c2ccc(C)c(F)c2)n[nH]1. The number of aromatic amines is 1. The van der Waals surface area contributed by atoms with Crippen molar-refractivity contribution >= 4 is 0 Å². The third-order valence-electron chi connectivity index (χ3n) is 2.03. The van der Waals surface area contributed by atoms with Crippen molar-refractivity contribution in [2.45, 2.75) is 13.8 Å². The van der Waals surface area contributed by atoms with Crippen LogP contribution in [-0.2, 0) is 0 Å². The molecule has 2 aromatic rings. The molecule has 1 N–H and O–H groups in total. The molecule has 0 unspecified atom stereocenters. The van der Waals surface area contributed by atoms with Crippen molar-refractivity contribution in [2.75, 3.05) is 0 Å². The molecule has 72 valence electrons. The Balaban J connectivity index is 2.47. The maximum Gasteiger partial charge on any atom is 0.181 e. The molecule has 0 aliphatic rings. The zero-order chi connectivity index (χ0) is 10.1. The van der Waals surface area contributed by atoms with Crippen molar-refractivity contribution in [1.29, 1.82) is 0 Å². The van der Waals surface area contributed by atoms with E-state index in [4.69, 9.17) is 0 Å². The molecule has 0 amide bonds. The lowest BCUT2D eigenvalue weighted by Crippen LogP contribution is -1.86. The summed E-state index contributed by atoms with van der Waals surface area (Å²) < 4.78 is 13.2. The van der Waals surface area contributed by atoms with E-state index in [9.17, 15) is 4.39 Å². The smallest absolute Gasteiger partial charge is 0.181 e. The average Bonchev–Trinajstić information content (AvgIpc) is 2.57. The fraction of sp³-hybridized carbons (Fsp3) is 0.200. The fourth-order valence-corrected chi connectivity index (χ4v) is 1.20. The Morgan fingerprint density at radius 1 is 1.29 bits per heavy atom. The van der Waals surface area contributed by atoms with Gasteiger partial charge in [-0.3, -0.25) is 5.10 Å². The zero-order valence-electron chi connectivity index (χ0n) is 8.00. The van der Waals surface area contributed by atoms with Gasteiger partial charge in [0, 0.05) is 5.56 Å². The third-order valence-corrected chi connectivity index (χ3v) is 2.03. The summed E-state index contributed by atoms with van der Waals surface area (Å²) in [6.45, 7) is 3.53. The zero-order valence-corrected chi connectivity index (χ0v) is 8.00. The molecule has 0 fully saturated rings. The molecule has 4 heteroatoms. The lowest BCUT2D eigenvalue weighted by atomic mass is 10.1. The predicted molar refractivity (Wildman–Crippen MR) is 51.3 cm³/mol. The lowest BCUT2D eigenvalue weighted by Gasteiger charge is -1.98. The van der Waals surface area contributed by atoms with Gasteiger partial charge in [-0.05, 0) is 25.5 Å². The van der Waals surface area contributed by atoms with Crippen LogP contribution in [-0.4, -0.2) is 15.2 Å². The second kappa shape index (κ2) is 3.21. The molecule has 2 rings (SSSR count). The highest BCUT2D eigenvalue weighted by molar-refractivity contribution is 5.55. The number of aromatic nitrogens is 3. The molecular formula is C10H10FN3. The molecule has 0 aliphatic carbocycles. The molecule has 0 aliphatic heterocycles. The predicted octanol–water partition coefficient (Wildman–Crippen LogP) is 2.23. The quantitative estimate of drug-likeness (QED) is 0.750. The molecule has 1 aromatic carbocycles. The molecule has 1 aromatic heterocycles. The first-order valence-electron chi connectivity index (χ1n) is 4.32. The monoisotopic (exact) mass is 191 g/mol. The normalized spacial score (nSPS) is 10.5. The van der Waals surface area contributed by atoms with Crippen LogP contribution in [0.5, 0.6) is 0 Å². The van der Waals surface area contributed by atoms with E-state index in [0.717, 1.165) is 5.82 Å². The topological polar surface area (TPSA) is 41.6 Å². The van der Waals surface area contributed by atoms with Crippen LogP contribution in [0.1, 0.15) is 11.4 Å². The van der Waals surface area contributed by atoms with Gasteiger partial charge in [-0.2, -0.15) is 5.10 Å². The van der Waals surface area contributed by atoms with E-state index < -0.39 is 0 Å². The number of rotatable bonds is 1. The number of nitrogens with one attached hydrogen (secondary N) is 1. The Labute approximate surface area is 81.0 Å². The van der Waals surface area contributed by atoms with E-state index in [-0.39, 0.29) is 5.82 Å². The summed E-state index contributed by atoms with van der Waals surface area (Å²) in [4.78, 5) is 4.12. The van der Waals surface area contributed by atoms with Crippen molar-refractivity contribution in [3.05, 3.63) is 35.4 Å². The van der Waals surface area contributed by atoms with Crippen molar-refractivity contribution in [3.63, 3.8) is 0 Å². The Bertz CT molecular complexity index is 462. The highest BCUT2D eigenvalue weighted by Gasteiger charge is 2.05. The standard InChI is InChI=1S/C10H10FN3/c1-6-3-4-8(5-9(6)11)10-12-7(2)13-14-10/h3-5H,1-2H3,(H,12,13,14). The van der Waals surface area contributed by atoms with Crippen molar-refractivity contribution in [2.24, 2.45) is 0 Å². The highest BCUT2D eigenvalue weighted by Crippen LogP contribution is 2.17. The van der Waals surface area contributed by atoms with Gasteiger partial charge in [0.2, 0.25) is 0 Å². The number of halogens is 1. The number of nitrogens with zero attached hydrogens (tertiary/aromatic N) is 2. The van der Waals surface area contributed by atoms with Gasteiger partial charge < -0.3 is 0 Å². The summed E-state index contributed by atoms with van der Waals surface area (Å²) in [6.07, 6.45) is 0. The molecule has 0 saturated heterocycles. The van der Waals surface area contributed by atoms with Gasteiger partial charge in [-0.25, -0.2) is 9.37 Å². The minimum absolute atomic E-state index is 0.232. The molecule has 0 atom stereocenters. The highest BCUT2D eigenvalue weighted by atomic mass is 19.1. The molecule has 3 nitrogen and oxygen atoms in total. The summed E-state index contributed by atoms with van der Waals surface area (Å²) in [5, 5.41) is 6.67. The molecule has 0 saturated carbocycles. The number of H-pyrrole nitrogens is 1. The van der Waals surface area contributed by atoms with Crippen molar-refractivity contribution in [1.82, 2.24) is 15.2 Å². The Morgan fingerprint density at radius 3 is 2.64 bits per heavy atom. The molecule has 14 heavy (non-hydrogen) atoms. The Hall–Kier alpha value is -1.71. The van der Waals surface area contributed by atoms with Gasteiger partial charge in [-0.15, -0.1) is 0 Å². The van der Waals surface area contributed by atoms with Gasteiger partial charge in [0.05, 0.1) is 0 Å². The summed E-state index contributed by atoms with van der Waals surface area (Å²) in [6, 6.07) is 4.97. The van der Waals surface area contributed by atoms with Gasteiger partial charge in [0.25, 0.3) is 0 Å². The van der Waals surface area contributed by atoms with E-state index >= 15 is 0 Å². The van der Waals surface area contributed by atoms with E-state index in [1.165, 1.54) is 6.07 Å². The van der Waals surface area contributed by atoms with Crippen molar-refractivity contribution < 1.29 is 4.39 Å². The van der Waals surface area contributed by atoms with E-state index in [2.05, 4.69) is 15.2 Å². The van der Waals surface area contributed by atoms with Crippen LogP contribution >= 0.6 is 0 Å². The van der Waals surface area contributed by atoms with Crippen LogP contribution < -0.4 is 0 Å². The Morgan fingerprint density at radius 2 is 2.07 bits per heavy atom. The number of hydrogen-bond acceptors (Lipinski definition) is 2. The minimum Gasteiger partial charge on any atom is -0.263 e. The van der Waals surface area contributed by atoms with E-state index in [1.54, 1.807) is 26.0 Å². The van der Waals surface area contributed by atoms with Gasteiger partial charge in [-0.1, -0.05) is 12.1 Å². The summed E-state index contributed by atoms with van der Waals surface area (Å²) >= 11 is 0. The first-order chi connectivity index (χ1) is 6.66. The van der Waals surface area contributed by atoms with Crippen LogP contribution in [0.25, 0.3) is 11.4 Å². The number of aryl methyl sites for hydroxylation is 2. The van der Waals surface area contributed by atoms with Crippen LogP contribution in [0, 0.1) is 19.7 Å². The van der Waals surface area contributed by atoms with Crippen LogP contribution in [0.4, 0.5) is 4.39 Å². The first-order valence-corrected chi connectivity index (χ1v) is 4.32. The van der Waals surface area contributed by atoms with Gasteiger partial charge in [0.1, 0.15) is 11.6 Å². The van der Waals surface area contributed by atoms with Crippen LogP contribution in [0.15, 0.2) is 18.2 Å². The third kappa shape index (κ3) is 1.51. The number of benzene rings is 1. The van der Waals surface area contributed by atoms with Gasteiger partial charge in [0.15, 0.2) is 5.82 Å². The summed E-state index contributed by atoms with van der Waals surface area (Å²) in [5.74, 6) is 1.02. The molecular weight excluding hydrogens is 181 g/mol. The molecule has 1 heterocycles. The lowest BCUT2D eigenvalue weighted by molar-refractivity contribution is 0.619. The second-order valence-corrected chi connectivity index (χ2v) is 3.21. The average molecular weight is 191 g/mol. The summed E-state index contributed by atoms with van der Waals surface area (Å²) in [7, 11) is 0. The van der Waals surface area contributed by atoms with E-state index in [1.807, 2.05) is 0 Å². The first kappa shape index (κ1) is 8.87. The van der Waals surface area contributed by atoms with E-state index in [0.29, 0.717) is 17.0 Å². The number of hydrogen-bond donors (Lipinski definition) is 1. The van der Waals surface area contributed by atoms with Crippen molar-refractivity contribution in [3.8, 4) is 11.4 Å². The molecule has 0 radical (unpaired) electrons. The minimum atomic E-state index is -0.232. The Kier molecular flexibility index (Phi) is 2.04. The maximum absolute atomic E-state index is 13.2. The van der Waals surface area contributed by atoms with Gasteiger partial charge >= 0.3 is 0 Å². The molecule has 0 bridgehead atoms.